The van der Waals surface area contributed by atoms with Crippen LogP contribution in [-0.4, -0.2) is 32.3 Å². The lowest BCUT2D eigenvalue weighted by Gasteiger charge is -2.14. The standard InChI is InChI=1S/C24H22N4O5/c1-14-21(23(31)28(27(14)3)16-9-5-4-6-10-16)26-22(30)15(2)33-24(32)18-13-20(29)25-19-12-8-7-11-17(18)19/h4-13,15H,1-3H3,(H,25,29)(H,26,30)/t15-/m1/s1. The predicted octanol–water partition coefficient (Wildman–Crippen LogP) is 2.51. The van der Waals surface area contributed by atoms with Gasteiger partial charge in [0.1, 0.15) is 5.69 Å². The van der Waals surface area contributed by atoms with Crippen molar-refractivity contribution in [3.63, 3.8) is 0 Å². The summed E-state index contributed by atoms with van der Waals surface area (Å²) in [7, 11) is 1.71. The van der Waals surface area contributed by atoms with Gasteiger partial charge in [-0.1, -0.05) is 36.4 Å². The number of benzene rings is 2. The van der Waals surface area contributed by atoms with Crippen molar-refractivity contribution >= 4 is 28.5 Å². The Labute approximate surface area is 188 Å². The molecule has 2 N–H and O–H groups in total. The Bertz CT molecular complexity index is 1480. The molecule has 2 aromatic heterocycles. The second-order valence-corrected chi connectivity index (χ2v) is 7.57. The fraction of sp³-hybridized carbons (Fsp3) is 0.167. The number of esters is 1. The van der Waals surface area contributed by atoms with Gasteiger partial charge in [0.2, 0.25) is 5.56 Å². The molecule has 1 atom stereocenters. The van der Waals surface area contributed by atoms with Crippen LogP contribution in [0.5, 0.6) is 0 Å². The van der Waals surface area contributed by atoms with E-state index in [2.05, 4.69) is 10.3 Å². The Hall–Kier alpha value is -4.40. The Morgan fingerprint density at radius 2 is 1.70 bits per heavy atom. The van der Waals surface area contributed by atoms with Gasteiger partial charge in [0.25, 0.3) is 11.5 Å². The lowest BCUT2D eigenvalue weighted by Crippen LogP contribution is -2.32. The molecule has 0 saturated heterocycles. The molecule has 0 fully saturated rings. The molecule has 9 nitrogen and oxygen atoms in total. The van der Waals surface area contributed by atoms with Crippen LogP contribution < -0.4 is 16.4 Å². The quantitative estimate of drug-likeness (QED) is 0.457. The largest absolute Gasteiger partial charge is 0.449 e. The van der Waals surface area contributed by atoms with E-state index < -0.39 is 29.1 Å². The maximum absolute atomic E-state index is 13.0. The normalized spacial score (nSPS) is 11.8. The number of amides is 1. The first kappa shape index (κ1) is 21.8. The first-order valence-electron chi connectivity index (χ1n) is 10.3. The van der Waals surface area contributed by atoms with Gasteiger partial charge in [-0.3, -0.25) is 19.1 Å². The molecule has 1 amide bonds. The van der Waals surface area contributed by atoms with Crippen molar-refractivity contribution in [1.82, 2.24) is 14.3 Å². The lowest BCUT2D eigenvalue weighted by atomic mass is 10.1. The van der Waals surface area contributed by atoms with Gasteiger partial charge in [-0.25, -0.2) is 9.48 Å². The Morgan fingerprint density at radius 1 is 1.03 bits per heavy atom. The average molecular weight is 446 g/mol. The zero-order chi connectivity index (χ0) is 23.7. The molecule has 0 aliphatic heterocycles. The number of ether oxygens (including phenoxy) is 1. The number of carbonyl (C=O) groups excluding carboxylic acids is 2. The number of anilines is 1. The average Bonchev–Trinajstić information content (AvgIpc) is 3.01. The molecule has 0 saturated carbocycles. The number of para-hydroxylation sites is 2. The summed E-state index contributed by atoms with van der Waals surface area (Å²) < 4.78 is 8.38. The van der Waals surface area contributed by atoms with Gasteiger partial charge in [-0.15, -0.1) is 0 Å². The number of carbonyl (C=O) groups is 2. The molecule has 4 aromatic rings. The van der Waals surface area contributed by atoms with Crippen LogP contribution in [0.3, 0.4) is 0 Å². The minimum absolute atomic E-state index is 0.0522. The summed E-state index contributed by atoms with van der Waals surface area (Å²) >= 11 is 0. The zero-order valence-electron chi connectivity index (χ0n) is 18.3. The molecule has 2 heterocycles. The summed E-state index contributed by atoms with van der Waals surface area (Å²) in [5.74, 6) is -1.48. The van der Waals surface area contributed by atoms with Gasteiger partial charge in [0, 0.05) is 24.0 Å². The smallest absolute Gasteiger partial charge is 0.339 e. The van der Waals surface area contributed by atoms with Crippen molar-refractivity contribution in [2.24, 2.45) is 7.05 Å². The molecule has 168 valence electrons. The topological polar surface area (TPSA) is 115 Å². The van der Waals surface area contributed by atoms with Crippen LogP contribution >= 0.6 is 0 Å². The highest BCUT2D eigenvalue weighted by molar-refractivity contribution is 6.04. The van der Waals surface area contributed by atoms with E-state index in [9.17, 15) is 19.2 Å². The molecule has 2 aromatic carbocycles. The fourth-order valence-corrected chi connectivity index (χ4v) is 3.59. The molecular weight excluding hydrogens is 424 g/mol. The second kappa shape index (κ2) is 8.62. The molecule has 33 heavy (non-hydrogen) atoms. The van der Waals surface area contributed by atoms with Gasteiger partial charge in [0.05, 0.1) is 16.9 Å². The highest BCUT2D eigenvalue weighted by Gasteiger charge is 2.24. The monoisotopic (exact) mass is 446 g/mol. The molecule has 0 unspecified atom stereocenters. The highest BCUT2D eigenvalue weighted by Crippen LogP contribution is 2.17. The van der Waals surface area contributed by atoms with E-state index in [1.165, 1.54) is 11.6 Å². The minimum atomic E-state index is -1.21. The van der Waals surface area contributed by atoms with Crippen LogP contribution in [0.1, 0.15) is 23.0 Å². The number of rotatable bonds is 5. The van der Waals surface area contributed by atoms with Gasteiger partial charge >= 0.3 is 5.97 Å². The third kappa shape index (κ3) is 4.08. The lowest BCUT2D eigenvalue weighted by molar-refractivity contribution is -0.123. The highest BCUT2D eigenvalue weighted by atomic mass is 16.5. The maximum atomic E-state index is 13.0. The first-order chi connectivity index (χ1) is 15.8. The van der Waals surface area contributed by atoms with Gasteiger partial charge in [0.15, 0.2) is 6.10 Å². The Kier molecular flexibility index (Phi) is 5.70. The molecule has 9 heteroatoms. The number of pyridine rings is 1. The Balaban J connectivity index is 1.57. The maximum Gasteiger partial charge on any atom is 0.339 e. The van der Waals surface area contributed by atoms with Crippen LogP contribution in [0.4, 0.5) is 5.69 Å². The third-order valence-corrected chi connectivity index (χ3v) is 5.43. The van der Waals surface area contributed by atoms with E-state index in [1.54, 1.807) is 55.1 Å². The van der Waals surface area contributed by atoms with Crippen molar-refractivity contribution in [1.29, 1.82) is 0 Å². The number of aromatic amines is 1. The molecule has 0 aliphatic carbocycles. The van der Waals surface area contributed by atoms with E-state index >= 15 is 0 Å². The molecule has 0 spiro atoms. The molecule has 0 aliphatic rings. The number of nitrogens with zero attached hydrogens (tertiary/aromatic N) is 2. The number of fused-ring (bicyclic) bond motifs is 1. The van der Waals surface area contributed by atoms with Crippen molar-refractivity contribution in [3.8, 4) is 5.69 Å². The molecular formula is C24H22N4O5. The van der Waals surface area contributed by atoms with E-state index in [-0.39, 0.29) is 11.3 Å². The van der Waals surface area contributed by atoms with Crippen molar-refractivity contribution in [2.45, 2.75) is 20.0 Å². The van der Waals surface area contributed by atoms with Crippen LogP contribution in [0.25, 0.3) is 16.6 Å². The molecule has 4 rings (SSSR count). The number of H-pyrrole nitrogens is 1. The zero-order valence-corrected chi connectivity index (χ0v) is 18.3. The third-order valence-electron chi connectivity index (χ3n) is 5.43. The van der Waals surface area contributed by atoms with Crippen molar-refractivity contribution < 1.29 is 14.3 Å². The summed E-state index contributed by atoms with van der Waals surface area (Å²) in [4.78, 5) is 53.0. The summed E-state index contributed by atoms with van der Waals surface area (Å²) in [6.07, 6.45) is -1.21. The van der Waals surface area contributed by atoms with E-state index in [4.69, 9.17) is 4.74 Å². The van der Waals surface area contributed by atoms with E-state index in [1.807, 2.05) is 18.2 Å². The Morgan fingerprint density at radius 3 is 2.42 bits per heavy atom. The molecule has 0 radical (unpaired) electrons. The number of aromatic nitrogens is 3. The van der Waals surface area contributed by atoms with Crippen LogP contribution in [0, 0.1) is 6.92 Å². The first-order valence-corrected chi connectivity index (χ1v) is 10.3. The number of hydrogen-bond donors (Lipinski definition) is 2. The van der Waals surface area contributed by atoms with Gasteiger partial charge in [-0.05, 0) is 32.0 Å². The van der Waals surface area contributed by atoms with E-state index in [0.717, 1.165) is 6.07 Å². The summed E-state index contributed by atoms with van der Waals surface area (Å²) in [6, 6.07) is 16.9. The van der Waals surface area contributed by atoms with Crippen molar-refractivity contribution in [3.05, 3.63) is 92.6 Å². The summed E-state index contributed by atoms with van der Waals surface area (Å²) in [6.45, 7) is 3.10. The van der Waals surface area contributed by atoms with Gasteiger partial charge < -0.3 is 15.0 Å². The van der Waals surface area contributed by atoms with E-state index in [0.29, 0.717) is 22.3 Å². The summed E-state index contributed by atoms with van der Waals surface area (Å²) in [5, 5.41) is 3.08. The SMILES string of the molecule is Cc1c(NC(=O)[C@@H](C)OC(=O)c2cc(=O)[nH]c3ccccc23)c(=O)n(-c2ccccc2)n1C. The summed E-state index contributed by atoms with van der Waals surface area (Å²) in [5.41, 5.74) is 0.945. The van der Waals surface area contributed by atoms with Crippen molar-refractivity contribution in [2.75, 3.05) is 5.32 Å². The fourth-order valence-electron chi connectivity index (χ4n) is 3.59. The van der Waals surface area contributed by atoms with Crippen LogP contribution in [0.15, 0.2) is 70.3 Å². The predicted molar refractivity (Wildman–Crippen MR) is 124 cm³/mol. The second-order valence-electron chi connectivity index (χ2n) is 7.57. The number of nitrogens with one attached hydrogen (secondary N) is 2. The number of hydrogen-bond acceptors (Lipinski definition) is 5. The van der Waals surface area contributed by atoms with Gasteiger partial charge in [-0.2, -0.15) is 0 Å². The molecule has 0 bridgehead atoms. The van der Waals surface area contributed by atoms with Crippen LogP contribution in [-0.2, 0) is 16.6 Å². The van der Waals surface area contributed by atoms with Crippen LogP contribution in [0.2, 0.25) is 0 Å². The minimum Gasteiger partial charge on any atom is -0.449 e.